The zero-order valence-electron chi connectivity index (χ0n) is 12.8. The minimum atomic E-state index is 0.600. The summed E-state index contributed by atoms with van der Waals surface area (Å²) in [5, 5.41) is 3.97. The Morgan fingerprint density at radius 3 is 2.65 bits per heavy atom. The Morgan fingerprint density at radius 1 is 1.15 bits per heavy atom. The van der Waals surface area contributed by atoms with Crippen molar-refractivity contribution in [3.63, 3.8) is 0 Å². The van der Waals surface area contributed by atoms with Gasteiger partial charge in [-0.15, -0.1) is 0 Å². The average Bonchev–Trinajstić information content (AvgIpc) is 2.80. The molecule has 0 aromatic carbocycles. The molecule has 0 spiro atoms. The summed E-state index contributed by atoms with van der Waals surface area (Å²) in [4.78, 5) is 7.64. The van der Waals surface area contributed by atoms with Gasteiger partial charge in [0.15, 0.2) is 5.15 Å². The molecule has 1 aromatic rings. The number of aryl methyl sites for hydroxylation is 1. The molecular formula is C15H28ClN3O. The molecule has 0 saturated heterocycles. The van der Waals surface area contributed by atoms with Crippen molar-refractivity contribution in [1.29, 1.82) is 0 Å². The van der Waals surface area contributed by atoms with Crippen LogP contribution in [0.3, 0.4) is 0 Å². The average molecular weight is 302 g/mol. The van der Waals surface area contributed by atoms with E-state index in [2.05, 4.69) is 29.1 Å². The number of nitrogens with zero attached hydrogens (tertiary/aromatic N) is 1. The van der Waals surface area contributed by atoms with Gasteiger partial charge in [-0.05, 0) is 25.8 Å². The number of aromatic amines is 1. The molecule has 1 rings (SSSR count). The molecule has 0 radical (unpaired) electrons. The third kappa shape index (κ3) is 7.27. The first-order valence-electron chi connectivity index (χ1n) is 7.79. The van der Waals surface area contributed by atoms with Crippen molar-refractivity contribution in [2.75, 3.05) is 19.8 Å². The number of aromatic nitrogens is 2. The summed E-state index contributed by atoms with van der Waals surface area (Å²) in [5.41, 5.74) is 0.990. The lowest BCUT2D eigenvalue weighted by atomic mass is 10.2. The van der Waals surface area contributed by atoms with E-state index < -0.39 is 0 Å². The summed E-state index contributed by atoms with van der Waals surface area (Å²) < 4.78 is 5.51. The SMILES string of the molecule is CCCCOCCCNCc1[nH]c(CCCC)nc1Cl. The van der Waals surface area contributed by atoms with Gasteiger partial charge in [-0.2, -0.15) is 0 Å². The lowest BCUT2D eigenvalue weighted by molar-refractivity contribution is 0.128. The topological polar surface area (TPSA) is 49.9 Å². The number of halogens is 1. The molecule has 0 aliphatic heterocycles. The van der Waals surface area contributed by atoms with Crippen LogP contribution in [0.15, 0.2) is 0 Å². The van der Waals surface area contributed by atoms with Gasteiger partial charge >= 0.3 is 0 Å². The molecule has 0 amide bonds. The van der Waals surface area contributed by atoms with Crippen LogP contribution >= 0.6 is 11.6 Å². The van der Waals surface area contributed by atoms with Crippen molar-refractivity contribution in [3.8, 4) is 0 Å². The maximum absolute atomic E-state index is 6.11. The Morgan fingerprint density at radius 2 is 1.90 bits per heavy atom. The van der Waals surface area contributed by atoms with Gasteiger partial charge in [0.05, 0.1) is 5.69 Å². The molecule has 1 aromatic heterocycles. The zero-order chi connectivity index (χ0) is 14.6. The second-order valence-corrected chi connectivity index (χ2v) is 5.41. The van der Waals surface area contributed by atoms with Crippen molar-refractivity contribution in [3.05, 3.63) is 16.7 Å². The Kier molecular flexibility index (Phi) is 9.71. The van der Waals surface area contributed by atoms with Gasteiger partial charge in [0.1, 0.15) is 5.82 Å². The van der Waals surface area contributed by atoms with Crippen molar-refractivity contribution in [2.24, 2.45) is 0 Å². The molecule has 20 heavy (non-hydrogen) atoms. The molecule has 0 aliphatic carbocycles. The predicted octanol–water partition coefficient (Wildman–Crippen LogP) is 3.70. The lowest BCUT2D eigenvalue weighted by Gasteiger charge is -2.05. The van der Waals surface area contributed by atoms with Crippen molar-refractivity contribution in [1.82, 2.24) is 15.3 Å². The van der Waals surface area contributed by atoms with Crippen LogP contribution in [-0.2, 0) is 17.7 Å². The quantitative estimate of drug-likeness (QED) is 0.579. The molecule has 0 saturated carbocycles. The third-order valence-electron chi connectivity index (χ3n) is 3.13. The number of hydrogen-bond donors (Lipinski definition) is 2. The molecule has 0 fully saturated rings. The first kappa shape index (κ1) is 17.5. The summed E-state index contributed by atoms with van der Waals surface area (Å²) in [6, 6.07) is 0. The Hall–Kier alpha value is -0.580. The standard InChI is InChI=1S/C15H28ClN3O/c1-3-5-8-14-18-13(15(16)19-14)12-17-9-7-11-20-10-6-4-2/h17H,3-12H2,1-2H3,(H,18,19). The van der Waals surface area contributed by atoms with E-state index in [1.54, 1.807) is 0 Å². The highest BCUT2D eigenvalue weighted by molar-refractivity contribution is 6.30. The molecule has 4 nitrogen and oxygen atoms in total. The maximum atomic E-state index is 6.11. The largest absolute Gasteiger partial charge is 0.381 e. The van der Waals surface area contributed by atoms with E-state index >= 15 is 0 Å². The van der Waals surface area contributed by atoms with Crippen LogP contribution in [0.1, 0.15) is 57.5 Å². The van der Waals surface area contributed by atoms with E-state index in [1.807, 2.05) is 0 Å². The minimum absolute atomic E-state index is 0.600. The fourth-order valence-electron chi connectivity index (χ4n) is 1.88. The van der Waals surface area contributed by atoms with E-state index in [1.165, 1.54) is 12.8 Å². The van der Waals surface area contributed by atoms with Crippen LogP contribution in [0.4, 0.5) is 0 Å². The molecule has 2 N–H and O–H groups in total. The number of imidazole rings is 1. The summed E-state index contributed by atoms with van der Waals surface area (Å²) >= 11 is 6.11. The van der Waals surface area contributed by atoms with E-state index in [9.17, 15) is 0 Å². The van der Waals surface area contributed by atoms with Crippen LogP contribution < -0.4 is 5.32 Å². The monoisotopic (exact) mass is 301 g/mol. The number of unbranched alkanes of at least 4 members (excludes halogenated alkanes) is 2. The summed E-state index contributed by atoms with van der Waals surface area (Å²) in [7, 11) is 0. The first-order valence-corrected chi connectivity index (χ1v) is 8.17. The number of ether oxygens (including phenoxy) is 1. The Balaban J connectivity index is 2.10. The second-order valence-electron chi connectivity index (χ2n) is 5.05. The van der Waals surface area contributed by atoms with E-state index in [0.717, 1.165) is 63.5 Å². The van der Waals surface area contributed by atoms with Crippen LogP contribution in [0, 0.1) is 0 Å². The first-order chi connectivity index (χ1) is 9.77. The number of nitrogens with one attached hydrogen (secondary N) is 2. The lowest BCUT2D eigenvalue weighted by Crippen LogP contribution is -2.17. The molecule has 1 heterocycles. The third-order valence-corrected chi connectivity index (χ3v) is 3.44. The maximum Gasteiger partial charge on any atom is 0.151 e. The molecule has 0 bridgehead atoms. The summed E-state index contributed by atoms with van der Waals surface area (Å²) in [5.74, 6) is 0.997. The second kappa shape index (κ2) is 11.1. The Labute approximate surface area is 127 Å². The number of rotatable bonds is 12. The smallest absolute Gasteiger partial charge is 0.151 e. The Bertz CT molecular complexity index is 355. The highest BCUT2D eigenvalue weighted by Gasteiger charge is 2.07. The molecule has 0 unspecified atom stereocenters. The molecule has 116 valence electrons. The van der Waals surface area contributed by atoms with Crippen molar-refractivity contribution < 1.29 is 4.74 Å². The minimum Gasteiger partial charge on any atom is -0.381 e. The fourth-order valence-corrected chi connectivity index (χ4v) is 2.10. The van der Waals surface area contributed by atoms with Gasteiger partial charge in [-0.25, -0.2) is 4.98 Å². The fraction of sp³-hybridized carbons (Fsp3) is 0.800. The predicted molar refractivity (Wildman–Crippen MR) is 84.3 cm³/mol. The van der Waals surface area contributed by atoms with Gasteiger partial charge in [0.2, 0.25) is 0 Å². The molecule has 5 heteroatoms. The van der Waals surface area contributed by atoms with E-state index in [4.69, 9.17) is 16.3 Å². The van der Waals surface area contributed by atoms with Crippen molar-refractivity contribution in [2.45, 2.75) is 58.9 Å². The molecule has 0 aliphatic rings. The summed E-state index contributed by atoms with van der Waals surface area (Å²) in [6.45, 7) is 7.73. The normalized spacial score (nSPS) is 11.2. The van der Waals surface area contributed by atoms with Crippen molar-refractivity contribution >= 4 is 11.6 Å². The number of hydrogen-bond acceptors (Lipinski definition) is 3. The highest BCUT2D eigenvalue weighted by atomic mass is 35.5. The van der Waals surface area contributed by atoms with Crippen LogP contribution in [0.25, 0.3) is 0 Å². The van der Waals surface area contributed by atoms with Gasteiger partial charge < -0.3 is 15.0 Å². The van der Waals surface area contributed by atoms with Gasteiger partial charge in [0.25, 0.3) is 0 Å². The molecular weight excluding hydrogens is 274 g/mol. The van der Waals surface area contributed by atoms with Gasteiger partial charge in [-0.3, -0.25) is 0 Å². The summed E-state index contributed by atoms with van der Waals surface area (Å²) in [6.07, 6.45) is 6.66. The van der Waals surface area contributed by atoms with Crippen LogP contribution in [-0.4, -0.2) is 29.7 Å². The van der Waals surface area contributed by atoms with Gasteiger partial charge in [0, 0.05) is 26.2 Å². The van der Waals surface area contributed by atoms with Gasteiger partial charge in [-0.1, -0.05) is 38.3 Å². The van der Waals surface area contributed by atoms with E-state index in [0.29, 0.717) is 5.15 Å². The zero-order valence-corrected chi connectivity index (χ0v) is 13.6. The highest BCUT2D eigenvalue weighted by Crippen LogP contribution is 2.13. The van der Waals surface area contributed by atoms with E-state index in [-0.39, 0.29) is 0 Å². The molecule has 0 atom stereocenters. The van der Waals surface area contributed by atoms with Crippen LogP contribution in [0.2, 0.25) is 5.15 Å². The number of H-pyrrole nitrogens is 1. The van der Waals surface area contributed by atoms with Crippen LogP contribution in [0.5, 0.6) is 0 Å².